The van der Waals surface area contributed by atoms with E-state index in [1.807, 2.05) is 6.07 Å². The number of rotatable bonds is 6. The van der Waals surface area contributed by atoms with E-state index in [4.69, 9.17) is 14.7 Å². The SMILES string of the molecule is N#CCCCN1CC[C@@H](CNC(=O)c2cc(C#N)cc3c2OCCCO3)[C@H](O)C1. The van der Waals surface area contributed by atoms with Crippen LogP contribution in [0.3, 0.4) is 0 Å². The molecule has 3 rings (SSSR count). The summed E-state index contributed by atoms with van der Waals surface area (Å²) < 4.78 is 11.3. The third-order valence-electron chi connectivity index (χ3n) is 5.31. The first-order valence-corrected chi connectivity index (χ1v) is 10.0. The summed E-state index contributed by atoms with van der Waals surface area (Å²) in [5, 5.41) is 31.2. The zero-order valence-electron chi connectivity index (χ0n) is 16.4. The van der Waals surface area contributed by atoms with Gasteiger partial charge in [0.2, 0.25) is 0 Å². The van der Waals surface area contributed by atoms with E-state index >= 15 is 0 Å². The minimum atomic E-state index is -0.534. The normalized spacial score (nSPS) is 21.5. The molecule has 0 bridgehead atoms. The lowest BCUT2D eigenvalue weighted by Gasteiger charge is -2.36. The van der Waals surface area contributed by atoms with Gasteiger partial charge < -0.3 is 24.8 Å². The highest BCUT2D eigenvalue weighted by molar-refractivity contribution is 5.98. The summed E-state index contributed by atoms with van der Waals surface area (Å²) >= 11 is 0. The number of piperidine rings is 1. The summed E-state index contributed by atoms with van der Waals surface area (Å²) in [7, 11) is 0. The second-order valence-electron chi connectivity index (χ2n) is 7.40. The van der Waals surface area contributed by atoms with Gasteiger partial charge in [-0.3, -0.25) is 4.79 Å². The number of aliphatic hydroxyl groups excluding tert-OH is 1. The Bertz CT molecular complexity index is 814. The molecule has 2 atom stereocenters. The maximum atomic E-state index is 12.8. The zero-order chi connectivity index (χ0) is 20.6. The molecule has 2 heterocycles. The van der Waals surface area contributed by atoms with Gasteiger partial charge in [-0.25, -0.2) is 0 Å². The molecule has 1 amide bonds. The first-order valence-electron chi connectivity index (χ1n) is 10.0. The van der Waals surface area contributed by atoms with Crippen molar-refractivity contribution in [3.63, 3.8) is 0 Å². The summed E-state index contributed by atoms with van der Waals surface area (Å²) in [5.41, 5.74) is 0.620. The van der Waals surface area contributed by atoms with E-state index in [0.717, 1.165) is 25.9 Å². The fourth-order valence-electron chi connectivity index (χ4n) is 3.69. The van der Waals surface area contributed by atoms with E-state index in [2.05, 4.69) is 16.3 Å². The van der Waals surface area contributed by atoms with Gasteiger partial charge in [0.05, 0.1) is 42.6 Å². The van der Waals surface area contributed by atoms with Crippen LogP contribution < -0.4 is 14.8 Å². The van der Waals surface area contributed by atoms with Crippen molar-refractivity contribution < 1.29 is 19.4 Å². The van der Waals surface area contributed by atoms with Crippen LogP contribution in [0, 0.1) is 28.6 Å². The van der Waals surface area contributed by atoms with Gasteiger partial charge in [-0.15, -0.1) is 0 Å². The van der Waals surface area contributed by atoms with E-state index in [9.17, 15) is 15.2 Å². The van der Waals surface area contributed by atoms with Crippen LogP contribution in [-0.4, -0.2) is 61.4 Å². The minimum absolute atomic E-state index is 0.0407. The van der Waals surface area contributed by atoms with E-state index in [1.165, 1.54) is 6.07 Å². The molecule has 1 saturated heterocycles. The molecule has 0 aromatic heterocycles. The Hall–Kier alpha value is -2.81. The molecule has 2 N–H and O–H groups in total. The first kappa shape index (κ1) is 20.9. The van der Waals surface area contributed by atoms with Gasteiger partial charge in [-0.1, -0.05) is 0 Å². The molecule has 8 heteroatoms. The average molecular weight is 398 g/mol. The molecule has 0 unspecified atom stereocenters. The Morgan fingerprint density at radius 2 is 2.14 bits per heavy atom. The Kier molecular flexibility index (Phi) is 7.29. The van der Waals surface area contributed by atoms with Crippen molar-refractivity contribution in [1.82, 2.24) is 10.2 Å². The number of fused-ring (bicyclic) bond motifs is 1. The van der Waals surface area contributed by atoms with E-state index in [1.54, 1.807) is 6.07 Å². The number of amides is 1. The maximum absolute atomic E-state index is 12.8. The molecule has 154 valence electrons. The number of hydrogen-bond acceptors (Lipinski definition) is 7. The van der Waals surface area contributed by atoms with Crippen LogP contribution in [0.2, 0.25) is 0 Å². The number of ether oxygens (including phenoxy) is 2. The third-order valence-corrected chi connectivity index (χ3v) is 5.31. The van der Waals surface area contributed by atoms with Crippen LogP contribution in [0.15, 0.2) is 12.1 Å². The minimum Gasteiger partial charge on any atom is -0.489 e. The number of carbonyl (C=O) groups is 1. The third kappa shape index (κ3) is 5.38. The molecule has 0 aliphatic carbocycles. The van der Waals surface area contributed by atoms with Crippen LogP contribution in [0.25, 0.3) is 0 Å². The number of benzene rings is 1. The van der Waals surface area contributed by atoms with Gasteiger partial charge in [0, 0.05) is 37.9 Å². The summed E-state index contributed by atoms with van der Waals surface area (Å²) in [5.74, 6) is 0.401. The fourth-order valence-corrected chi connectivity index (χ4v) is 3.69. The van der Waals surface area contributed by atoms with E-state index in [-0.39, 0.29) is 17.4 Å². The van der Waals surface area contributed by atoms with Crippen molar-refractivity contribution in [2.24, 2.45) is 5.92 Å². The van der Waals surface area contributed by atoms with Crippen LogP contribution in [-0.2, 0) is 0 Å². The molecule has 1 fully saturated rings. The number of β-amino-alcohol motifs (C(OH)–C–C–N with tert-alkyl or cyclic N) is 1. The smallest absolute Gasteiger partial charge is 0.255 e. The highest BCUT2D eigenvalue weighted by Crippen LogP contribution is 2.35. The van der Waals surface area contributed by atoms with Crippen molar-refractivity contribution in [3.05, 3.63) is 23.3 Å². The lowest BCUT2D eigenvalue weighted by molar-refractivity contribution is 0.0219. The zero-order valence-corrected chi connectivity index (χ0v) is 16.4. The van der Waals surface area contributed by atoms with Gasteiger partial charge in [0.25, 0.3) is 5.91 Å². The van der Waals surface area contributed by atoms with Crippen LogP contribution in [0.5, 0.6) is 11.5 Å². The number of nitrogens with zero attached hydrogens (tertiary/aromatic N) is 3. The van der Waals surface area contributed by atoms with Gasteiger partial charge in [-0.2, -0.15) is 10.5 Å². The predicted octanol–water partition coefficient (Wildman–Crippen LogP) is 1.44. The second kappa shape index (κ2) is 10.1. The van der Waals surface area contributed by atoms with Crippen LogP contribution in [0.4, 0.5) is 0 Å². The largest absolute Gasteiger partial charge is 0.489 e. The number of aliphatic hydroxyl groups is 1. The summed E-state index contributed by atoms with van der Waals surface area (Å²) in [6, 6.07) is 7.28. The van der Waals surface area contributed by atoms with Gasteiger partial charge in [0.1, 0.15) is 0 Å². The van der Waals surface area contributed by atoms with Gasteiger partial charge in [0.15, 0.2) is 11.5 Å². The Morgan fingerprint density at radius 1 is 1.31 bits per heavy atom. The molecule has 1 aromatic carbocycles. The summed E-state index contributed by atoms with van der Waals surface area (Å²) in [6.07, 6.45) is 2.26. The van der Waals surface area contributed by atoms with Gasteiger partial charge in [-0.05, 0) is 32.0 Å². The first-order chi connectivity index (χ1) is 14.1. The highest BCUT2D eigenvalue weighted by Gasteiger charge is 2.28. The lowest BCUT2D eigenvalue weighted by Crippen LogP contribution is -2.47. The van der Waals surface area contributed by atoms with Crippen molar-refractivity contribution in [2.45, 2.75) is 31.8 Å². The van der Waals surface area contributed by atoms with Crippen LogP contribution in [0.1, 0.15) is 41.6 Å². The molecule has 1 aromatic rings. The monoisotopic (exact) mass is 398 g/mol. The average Bonchev–Trinajstić information content (AvgIpc) is 2.97. The van der Waals surface area contributed by atoms with E-state index < -0.39 is 6.10 Å². The number of nitriles is 2. The molecular weight excluding hydrogens is 372 g/mol. The van der Waals surface area contributed by atoms with Gasteiger partial charge >= 0.3 is 0 Å². The van der Waals surface area contributed by atoms with Crippen molar-refractivity contribution in [1.29, 1.82) is 10.5 Å². The van der Waals surface area contributed by atoms with Crippen molar-refractivity contribution in [2.75, 3.05) is 39.4 Å². The number of carbonyl (C=O) groups excluding carboxylic acids is 1. The van der Waals surface area contributed by atoms with E-state index in [0.29, 0.717) is 56.2 Å². The second-order valence-corrected chi connectivity index (χ2v) is 7.40. The van der Waals surface area contributed by atoms with Crippen molar-refractivity contribution >= 4 is 5.91 Å². The fraction of sp³-hybridized carbons (Fsp3) is 0.571. The molecule has 2 aliphatic heterocycles. The predicted molar refractivity (Wildman–Crippen MR) is 104 cm³/mol. The topological polar surface area (TPSA) is 119 Å². The number of likely N-dealkylation sites (tertiary alicyclic amines) is 1. The number of nitrogens with one attached hydrogen (secondary N) is 1. The standard InChI is InChI=1S/C21H26N4O4/c22-5-1-2-6-25-7-4-16(18(26)14-25)13-24-21(27)17-10-15(12-23)11-19-20(17)29-9-3-8-28-19/h10-11,16,18,26H,1-4,6-9,13-14H2,(H,24,27)/t16-,18+/m0/s1. The molecule has 0 spiro atoms. The maximum Gasteiger partial charge on any atom is 0.255 e. The Labute approximate surface area is 170 Å². The molecule has 0 saturated carbocycles. The summed E-state index contributed by atoms with van der Waals surface area (Å²) in [4.78, 5) is 15.0. The van der Waals surface area contributed by atoms with Crippen LogP contribution >= 0.6 is 0 Å². The Morgan fingerprint density at radius 3 is 2.90 bits per heavy atom. The summed E-state index contributed by atoms with van der Waals surface area (Å²) in [6.45, 7) is 3.44. The molecule has 8 nitrogen and oxygen atoms in total. The lowest BCUT2D eigenvalue weighted by atomic mass is 9.93. The number of hydrogen-bond donors (Lipinski definition) is 2. The Balaban J connectivity index is 1.60. The molecule has 2 aliphatic rings. The quantitative estimate of drug-likeness (QED) is 0.696. The molecule has 0 radical (unpaired) electrons. The number of unbranched alkanes of at least 4 members (excludes halogenated alkanes) is 1. The van der Waals surface area contributed by atoms with Crippen molar-refractivity contribution in [3.8, 4) is 23.6 Å². The molecular formula is C21H26N4O4. The molecule has 29 heavy (non-hydrogen) atoms. The highest BCUT2D eigenvalue weighted by atomic mass is 16.5.